The molecule has 130 valence electrons. The van der Waals surface area contributed by atoms with Crippen LogP contribution in [-0.4, -0.2) is 9.78 Å². The summed E-state index contributed by atoms with van der Waals surface area (Å²) in [4.78, 5) is 0. The first kappa shape index (κ1) is 17.6. The number of hydrogen-bond donors (Lipinski definition) is 1. The van der Waals surface area contributed by atoms with Crippen LogP contribution in [-0.2, 0) is 6.54 Å². The summed E-state index contributed by atoms with van der Waals surface area (Å²) in [5, 5.41) is 7.72. The molecule has 25 heavy (non-hydrogen) atoms. The second-order valence-corrected chi connectivity index (χ2v) is 6.66. The molecule has 0 saturated heterocycles. The van der Waals surface area contributed by atoms with Gasteiger partial charge < -0.3 is 5.32 Å². The molecule has 0 fully saturated rings. The van der Waals surface area contributed by atoms with Gasteiger partial charge in [0.15, 0.2) is 0 Å². The summed E-state index contributed by atoms with van der Waals surface area (Å²) in [6, 6.07) is 9.45. The van der Waals surface area contributed by atoms with Crippen LogP contribution in [0.1, 0.15) is 18.2 Å². The summed E-state index contributed by atoms with van der Waals surface area (Å²) in [6.07, 6.45) is 0. The van der Waals surface area contributed by atoms with E-state index in [1.165, 1.54) is 18.2 Å². The van der Waals surface area contributed by atoms with Gasteiger partial charge in [-0.1, -0.05) is 12.1 Å². The Balaban J connectivity index is 2.19. The lowest BCUT2D eigenvalue weighted by Gasteiger charge is -2.14. The van der Waals surface area contributed by atoms with E-state index in [-0.39, 0.29) is 11.6 Å². The zero-order valence-corrected chi connectivity index (χ0v) is 15.8. The molecule has 1 heterocycles. The van der Waals surface area contributed by atoms with Crippen molar-refractivity contribution in [2.24, 2.45) is 0 Å². The topological polar surface area (TPSA) is 29.9 Å². The van der Waals surface area contributed by atoms with E-state index in [0.29, 0.717) is 22.5 Å². The molecule has 0 atom stereocenters. The van der Waals surface area contributed by atoms with Gasteiger partial charge in [0.25, 0.3) is 0 Å². The number of benzene rings is 2. The SMILES string of the molecule is CCn1nc(C)c(-c2ccc(F)cc2C)c1Nc1c(F)cccc1Br. The zero-order valence-electron chi connectivity index (χ0n) is 14.2. The van der Waals surface area contributed by atoms with Crippen molar-refractivity contribution in [3.63, 3.8) is 0 Å². The highest BCUT2D eigenvalue weighted by atomic mass is 79.9. The Morgan fingerprint density at radius 1 is 1.16 bits per heavy atom. The molecule has 0 aliphatic heterocycles. The van der Waals surface area contributed by atoms with Crippen molar-refractivity contribution >= 4 is 27.4 Å². The van der Waals surface area contributed by atoms with E-state index in [4.69, 9.17) is 0 Å². The zero-order chi connectivity index (χ0) is 18.1. The Morgan fingerprint density at radius 3 is 2.56 bits per heavy atom. The third kappa shape index (κ3) is 3.31. The van der Waals surface area contributed by atoms with E-state index in [9.17, 15) is 8.78 Å². The molecule has 2 aromatic carbocycles. The van der Waals surface area contributed by atoms with Crippen LogP contribution in [0.25, 0.3) is 11.1 Å². The minimum atomic E-state index is -0.363. The van der Waals surface area contributed by atoms with E-state index in [1.807, 2.05) is 20.8 Å². The number of aromatic nitrogens is 2. The van der Waals surface area contributed by atoms with Crippen LogP contribution in [0.3, 0.4) is 0 Å². The molecule has 3 nitrogen and oxygen atoms in total. The molecule has 1 N–H and O–H groups in total. The minimum Gasteiger partial charge on any atom is -0.337 e. The third-order valence-electron chi connectivity index (χ3n) is 4.09. The number of para-hydroxylation sites is 1. The lowest BCUT2D eigenvalue weighted by molar-refractivity contribution is 0.627. The summed E-state index contributed by atoms with van der Waals surface area (Å²) in [6.45, 7) is 6.33. The second-order valence-electron chi connectivity index (χ2n) is 5.81. The Labute approximate surface area is 153 Å². The van der Waals surface area contributed by atoms with E-state index < -0.39 is 0 Å². The molecule has 3 rings (SSSR count). The highest BCUT2D eigenvalue weighted by molar-refractivity contribution is 9.10. The first-order chi connectivity index (χ1) is 11.9. The molecular formula is C19H18BrF2N3. The van der Waals surface area contributed by atoms with Gasteiger partial charge in [-0.2, -0.15) is 5.10 Å². The number of anilines is 2. The molecule has 3 aromatic rings. The van der Waals surface area contributed by atoms with Gasteiger partial charge in [0.1, 0.15) is 17.5 Å². The van der Waals surface area contributed by atoms with Crippen LogP contribution in [0, 0.1) is 25.5 Å². The maximum atomic E-state index is 14.3. The van der Waals surface area contributed by atoms with Gasteiger partial charge in [0.2, 0.25) is 0 Å². The molecule has 6 heteroatoms. The van der Waals surface area contributed by atoms with Crippen LogP contribution in [0.15, 0.2) is 40.9 Å². The van der Waals surface area contributed by atoms with Crippen LogP contribution >= 0.6 is 15.9 Å². The van der Waals surface area contributed by atoms with Crippen molar-refractivity contribution in [3.8, 4) is 11.1 Å². The number of rotatable bonds is 4. The van der Waals surface area contributed by atoms with Crippen molar-refractivity contribution in [2.75, 3.05) is 5.32 Å². The fourth-order valence-corrected chi connectivity index (χ4v) is 3.34. The molecule has 0 spiro atoms. The quantitative estimate of drug-likeness (QED) is 0.579. The molecule has 0 saturated carbocycles. The average Bonchev–Trinajstić information content (AvgIpc) is 2.87. The number of hydrogen-bond acceptors (Lipinski definition) is 2. The highest BCUT2D eigenvalue weighted by Crippen LogP contribution is 2.37. The number of aryl methyl sites for hydroxylation is 3. The van der Waals surface area contributed by atoms with Crippen molar-refractivity contribution < 1.29 is 8.78 Å². The molecular weight excluding hydrogens is 388 g/mol. The Hall–Kier alpha value is -2.21. The van der Waals surface area contributed by atoms with Crippen LogP contribution < -0.4 is 5.32 Å². The highest BCUT2D eigenvalue weighted by Gasteiger charge is 2.20. The van der Waals surface area contributed by atoms with Gasteiger partial charge in [-0.15, -0.1) is 0 Å². The van der Waals surface area contributed by atoms with Crippen molar-refractivity contribution in [1.82, 2.24) is 9.78 Å². The fraction of sp³-hybridized carbons (Fsp3) is 0.211. The lowest BCUT2D eigenvalue weighted by Crippen LogP contribution is -2.05. The third-order valence-corrected chi connectivity index (χ3v) is 4.75. The molecule has 1 aromatic heterocycles. The molecule has 0 aliphatic carbocycles. The maximum absolute atomic E-state index is 14.3. The van der Waals surface area contributed by atoms with Gasteiger partial charge in [-0.3, -0.25) is 0 Å². The summed E-state index contributed by atoms with van der Waals surface area (Å²) in [5.74, 6) is 0.0336. The van der Waals surface area contributed by atoms with Gasteiger partial charge in [-0.05, 0) is 72.1 Å². The molecule has 0 amide bonds. The van der Waals surface area contributed by atoms with Gasteiger partial charge in [0, 0.05) is 16.6 Å². The summed E-state index contributed by atoms with van der Waals surface area (Å²) >= 11 is 3.38. The van der Waals surface area contributed by atoms with E-state index in [0.717, 1.165) is 22.4 Å². The van der Waals surface area contributed by atoms with Crippen molar-refractivity contribution in [3.05, 3.63) is 63.8 Å². The van der Waals surface area contributed by atoms with Crippen LogP contribution in [0.4, 0.5) is 20.3 Å². The van der Waals surface area contributed by atoms with E-state index >= 15 is 0 Å². The summed E-state index contributed by atoms with van der Waals surface area (Å²) < 4.78 is 30.2. The maximum Gasteiger partial charge on any atom is 0.147 e. The first-order valence-electron chi connectivity index (χ1n) is 7.97. The van der Waals surface area contributed by atoms with Crippen molar-refractivity contribution in [2.45, 2.75) is 27.3 Å². The molecule has 0 aliphatic rings. The van der Waals surface area contributed by atoms with Gasteiger partial charge >= 0.3 is 0 Å². The number of nitrogens with zero attached hydrogens (tertiary/aromatic N) is 2. The predicted octanol–water partition coefficient (Wildman–Crippen LogP) is 5.97. The smallest absolute Gasteiger partial charge is 0.147 e. The normalized spacial score (nSPS) is 11.0. The van der Waals surface area contributed by atoms with E-state index in [1.54, 1.807) is 22.9 Å². The Bertz CT molecular complexity index is 914. The predicted molar refractivity (Wildman–Crippen MR) is 100 cm³/mol. The number of nitrogens with one attached hydrogen (secondary N) is 1. The fourth-order valence-electron chi connectivity index (χ4n) is 2.90. The average molecular weight is 406 g/mol. The molecule has 0 unspecified atom stereocenters. The van der Waals surface area contributed by atoms with Crippen LogP contribution in [0.2, 0.25) is 0 Å². The Morgan fingerprint density at radius 2 is 1.92 bits per heavy atom. The van der Waals surface area contributed by atoms with E-state index in [2.05, 4.69) is 26.3 Å². The second kappa shape index (κ2) is 6.96. The first-order valence-corrected chi connectivity index (χ1v) is 8.76. The van der Waals surface area contributed by atoms with Gasteiger partial charge in [0.05, 0.1) is 11.4 Å². The summed E-state index contributed by atoms with van der Waals surface area (Å²) in [5.41, 5.74) is 3.65. The minimum absolute atomic E-state index is 0.284. The molecule has 0 radical (unpaired) electrons. The largest absolute Gasteiger partial charge is 0.337 e. The standard InChI is InChI=1S/C19H18BrF2N3/c1-4-25-19(23-18-15(20)6-5-7-16(18)22)17(12(3)24-25)14-9-8-13(21)10-11(14)2/h5-10,23H,4H2,1-3H3. The lowest BCUT2D eigenvalue weighted by atomic mass is 10.00. The molecule has 0 bridgehead atoms. The van der Waals surface area contributed by atoms with Gasteiger partial charge in [-0.25, -0.2) is 13.5 Å². The summed E-state index contributed by atoms with van der Waals surface area (Å²) in [7, 11) is 0. The van der Waals surface area contributed by atoms with Crippen molar-refractivity contribution in [1.29, 1.82) is 0 Å². The van der Waals surface area contributed by atoms with Crippen LogP contribution in [0.5, 0.6) is 0 Å². The number of halogens is 3. The Kier molecular flexibility index (Phi) is 4.90. The monoisotopic (exact) mass is 405 g/mol.